The van der Waals surface area contributed by atoms with Gasteiger partial charge < -0.3 is 15.7 Å². The fourth-order valence-electron chi connectivity index (χ4n) is 3.27. The number of nitrogens with zero attached hydrogens (tertiary/aromatic N) is 1. The van der Waals surface area contributed by atoms with Crippen LogP contribution in [0.15, 0.2) is 0 Å². The predicted molar refractivity (Wildman–Crippen MR) is 74.0 cm³/mol. The number of carbonyl (C=O) groups excluding carboxylic acids is 1. The summed E-state index contributed by atoms with van der Waals surface area (Å²) in [7, 11) is 0. The van der Waals surface area contributed by atoms with Crippen molar-refractivity contribution in [1.29, 1.82) is 0 Å². The fourth-order valence-corrected chi connectivity index (χ4v) is 3.27. The molecule has 6 heteroatoms. The number of hydrogen-bond donors (Lipinski definition) is 2. The summed E-state index contributed by atoms with van der Waals surface area (Å²) >= 11 is 0. The predicted octanol–water partition coefficient (Wildman–Crippen LogP) is 0.959. The van der Waals surface area contributed by atoms with Crippen molar-refractivity contribution in [2.45, 2.75) is 39.8 Å². The van der Waals surface area contributed by atoms with Crippen LogP contribution in [0.2, 0.25) is 0 Å². The molecule has 2 aliphatic rings. The van der Waals surface area contributed by atoms with Crippen molar-refractivity contribution in [2.24, 2.45) is 28.9 Å². The largest absolute Gasteiger partial charge is 0.480 e. The Morgan fingerprint density at radius 2 is 1.89 bits per heavy atom. The maximum absolute atomic E-state index is 12.2. The van der Waals surface area contributed by atoms with Crippen molar-refractivity contribution in [3.63, 3.8) is 0 Å². The van der Waals surface area contributed by atoms with Crippen LogP contribution >= 0.6 is 12.4 Å². The molecule has 4 atom stereocenters. The highest BCUT2D eigenvalue weighted by molar-refractivity contribution is 5.88. The number of carbonyl (C=O) groups is 2. The summed E-state index contributed by atoms with van der Waals surface area (Å²) in [5.41, 5.74) is 5.89. The Kier molecular flexibility index (Phi) is 4.23. The van der Waals surface area contributed by atoms with E-state index in [0.717, 1.165) is 0 Å². The smallest absolute Gasteiger partial charge is 0.326 e. The van der Waals surface area contributed by atoms with E-state index in [9.17, 15) is 14.7 Å². The lowest BCUT2D eigenvalue weighted by Gasteiger charge is -2.31. The molecule has 0 radical (unpaired) electrons. The number of aliphatic carboxylic acids is 1. The Morgan fingerprint density at radius 1 is 1.37 bits per heavy atom. The van der Waals surface area contributed by atoms with Gasteiger partial charge in [0.05, 0.1) is 6.04 Å². The zero-order valence-corrected chi connectivity index (χ0v) is 12.6. The molecule has 1 heterocycles. The van der Waals surface area contributed by atoms with Crippen LogP contribution in [-0.4, -0.2) is 40.5 Å². The molecule has 0 unspecified atom stereocenters. The normalized spacial score (nSPS) is 32.5. The summed E-state index contributed by atoms with van der Waals surface area (Å²) in [5.74, 6) is -0.713. The lowest BCUT2D eigenvalue weighted by atomic mass is 9.98. The number of nitrogens with two attached hydrogens (primary N) is 1. The molecule has 19 heavy (non-hydrogen) atoms. The molecule has 2 fully saturated rings. The topological polar surface area (TPSA) is 83.6 Å². The van der Waals surface area contributed by atoms with Crippen molar-refractivity contribution >= 4 is 24.3 Å². The molecular formula is C13H23ClN2O3. The third-order valence-electron chi connectivity index (χ3n) is 4.75. The average molecular weight is 291 g/mol. The monoisotopic (exact) mass is 290 g/mol. The number of hydrogen-bond acceptors (Lipinski definition) is 3. The lowest BCUT2D eigenvalue weighted by Crippen LogP contribution is -2.52. The second-order valence-corrected chi connectivity index (χ2v) is 6.50. The van der Waals surface area contributed by atoms with Gasteiger partial charge in [-0.25, -0.2) is 4.79 Å². The fraction of sp³-hybridized carbons (Fsp3) is 0.846. The molecule has 3 N–H and O–H groups in total. The van der Waals surface area contributed by atoms with Crippen molar-refractivity contribution in [2.75, 3.05) is 6.54 Å². The summed E-state index contributed by atoms with van der Waals surface area (Å²) in [6, 6.07) is -1.30. The highest BCUT2D eigenvalue weighted by Crippen LogP contribution is 2.64. The van der Waals surface area contributed by atoms with E-state index in [1.165, 1.54) is 4.90 Å². The first-order valence-corrected chi connectivity index (χ1v) is 6.48. The van der Waals surface area contributed by atoms with Gasteiger partial charge in [-0.1, -0.05) is 27.7 Å². The number of carboxylic acid groups (broad SMARTS) is 1. The molecule has 1 amide bonds. The third-order valence-corrected chi connectivity index (χ3v) is 4.75. The lowest BCUT2D eigenvalue weighted by molar-refractivity contribution is -0.151. The Labute approximate surface area is 119 Å². The van der Waals surface area contributed by atoms with Gasteiger partial charge in [0.15, 0.2) is 0 Å². The Bertz CT molecular complexity index is 397. The van der Waals surface area contributed by atoms with Gasteiger partial charge >= 0.3 is 5.97 Å². The van der Waals surface area contributed by atoms with Crippen LogP contribution < -0.4 is 5.73 Å². The van der Waals surface area contributed by atoms with Crippen molar-refractivity contribution < 1.29 is 14.7 Å². The number of rotatable bonds is 3. The van der Waals surface area contributed by atoms with E-state index in [1.807, 2.05) is 13.8 Å². The van der Waals surface area contributed by atoms with Crippen LogP contribution in [0.4, 0.5) is 0 Å². The molecule has 0 aromatic rings. The van der Waals surface area contributed by atoms with E-state index in [2.05, 4.69) is 13.8 Å². The first-order chi connectivity index (χ1) is 8.19. The molecule has 1 saturated heterocycles. The van der Waals surface area contributed by atoms with Crippen LogP contribution in [0, 0.1) is 23.2 Å². The molecule has 1 aliphatic carbocycles. The molecule has 2 rings (SSSR count). The molecular weight excluding hydrogens is 268 g/mol. The SMILES string of the molecule is CC(C)[C@H](N)C(=O)N1C[C@H]2[C@@H]([C@H]1C(=O)O)C2(C)C.Cl. The van der Waals surface area contributed by atoms with Gasteiger partial charge in [-0.15, -0.1) is 12.4 Å². The van der Waals surface area contributed by atoms with Gasteiger partial charge in [-0.05, 0) is 17.3 Å². The summed E-state index contributed by atoms with van der Waals surface area (Å²) in [6.07, 6.45) is 0. The van der Waals surface area contributed by atoms with Gasteiger partial charge in [0.25, 0.3) is 0 Å². The molecule has 110 valence electrons. The molecule has 1 aliphatic heterocycles. The molecule has 1 saturated carbocycles. The van der Waals surface area contributed by atoms with Gasteiger partial charge in [0, 0.05) is 12.5 Å². The average Bonchev–Trinajstić information content (AvgIpc) is 2.65. The first kappa shape index (κ1) is 16.2. The molecule has 0 bridgehead atoms. The van der Waals surface area contributed by atoms with Crippen molar-refractivity contribution in [3.8, 4) is 0 Å². The van der Waals surface area contributed by atoms with E-state index in [0.29, 0.717) is 12.5 Å². The van der Waals surface area contributed by atoms with Crippen molar-refractivity contribution in [1.82, 2.24) is 4.90 Å². The minimum absolute atomic E-state index is 0. The van der Waals surface area contributed by atoms with Crippen LogP contribution in [0.25, 0.3) is 0 Å². The van der Waals surface area contributed by atoms with E-state index in [-0.39, 0.29) is 35.6 Å². The number of halogens is 1. The van der Waals surface area contributed by atoms with E-state index >= 15 is 0 Å². The first-order valence-electron chi connectivity index (χ1n) is 6.48. The van der Waals surface area contributed by atoms with Gasteiger partial charge in [0.2, 0.25) is 5.91 Å². The number of fused-ring (bicyclic) bond motifs is 1. The second-order valence-electron chi connectivity index (χ2n) is 6.50. The maximum atomic E-state index is 12.2. The molecule has 0 spiro atoms. The summed E-state index contributed by atoms with van der Waals surface area (Å²) < 4.78 is 0. The summed E-state index contributed by atoms with van der Waals surface area (Å²) in [5, 5.41) is 9.35. The molecule has 0 aromatic heterocycles. The Morgan fingerprint density at radius 3 is 2.32 bits per heavy atom. The van der Waals surface area contributed by atoms with Gasteiger partial charge in [0.1, 0.15) is 6.04 Å². The van der Waals surface area contributed by atoms with E-state index < -0.39 is 18.1 Å². The Balaban J connectivity index is 0.00000180. The highest BCUT2D eigenvalue weighted by atomic mass is 35.5. The number of piperidine rings is 1. The van der Waals surface area contributed by atoms with Crippen LogP contribution in [0.1, 0.15) is 27.7 Å². The number of amides is 1. The van der Waals surface area contributed by atoms with Gasteiger partial charge in [-0.2, -0.15) is 0 Å². The molecule has 5 nitrogen and oxygen atoms in total. The van der Waals surface area contributed by atoms with Gasteiger partial charge in [-0.3, -0.25) is 4.79 Å². The minimum Gasteiger partial charge on any atom is -0.480 e. The summed E-state index contributed by atoms with van der Waals surface area (Å²) in [4.78, 5) is 25.1. The van der Waals surface area contributed by atoms with Crippen LogP contribution in [0.5, 0.6) is 0 Å². The van der Waals surface area contributed by atoms with Crippen LogP contribution in [0.3, 0.4) is 0 Å². The number of likely N-dealkylation sites (tertiary alicyclic amines) is 1. The van der Waals surface area contributed by atoms with Crippen molar-refractivity contribution in [3.05, 3.63) is 0 Å². The van der Waals surface area contributed by atoms with E-state index in [4.69, 9.17) is 5.73 Å². The zero-order valence-electron chi connectivity index (χ0n) is 11.8. The minimum atomic E-state index is -0.905. The molecule has 0 aromatic carbocycles. The quantitative estimate of drug-likeness (QED) is 0.811. The van der Waals surface area contributed by atoms with E-state index in [1.54, 1.807) is 0 Å². The maximum Gasteiger partial charge on any atom is 0.326 e. The zero-order chi connectivity index (χ0) is 13.8. The number of carboxylic acids is 1. The third kappa shape index (κ3) is 2.34. The van der Waals surface area contributed by atoms with Crippen LogP contribution in [-0.2, 0) is 9.59 Å². The highest BCUT2D eigenvalue weighted by Gasteiger charge is 2.69. The Hall–Kier alpha value is -0.810. The summed E-state index contributed by atoms with van der Waals surface area (Å²) in [6.45, 7) is 8.43. The standard InChI is InChI=1S/C13H22N2O3.ClH/c1-6(2)9(14)11(16)15-5-7-8(13(7,3)4)10(15)12(17)18;/h6-10H,5,14H2,1-4H3,(H,17,18);1H/t7-,8-,9-,10-;/m0./s1. The second kappa shape index (κ2) is 4.94.